The van der Waals surface area contributed by atoms with Gasteiger partial charge < -0.3 is 10.4 Å². The van der Waals surface area contributed by atoms with Crippen LogP contribution in [0.2, 0.25) is 0 Å². The molecule has 1 aromatic carbocycles. The quantitative estimate of drug-likeness (QED) is 0.886. The number of nitrogens with zero attached hydrogens (tertiary/aromatic N) is 1. The number of nitrogens with one attached hydrogen (secondary N) is 1. The van der Waals surface area contributed by atoms with Crippen LogP contribution < -0.4 is 5.32 Å². The maximum Gasteiger partial charge on any atom is 0.217 e. The molecule has 2 bridgehead atoms. The van der Waals surface area contributed by atoms with Crippen molar-refractivity contribution in [3.05, 3.63) is 29.8 Å². The molecule has 1 aromatic rings. The topological polar surface area (TPSA) is 52.6 Å². The number of aromatic hydroxyl groups is 1. The Hall–Kier alpha value is -1.55. The number of carbonyl (C=O) groups is 1. The van der Waals surface area contributed by atoms with Gasteiger partial charge in [-0.15, -0.1) is 0 Å². The van der Waals surface area contributed by atoms with Crippen molar-refractivity contribution >= 4 is 5.91 Å². The summed E-state index contributed by atoms with van der Waals surface area (Å²) in [6, 6.07) is 9.01. The number of phenolic OH excluding ortho intramolecular Hbond substituents is 1. The van der Waals surface area contributed by atoms with Crippen LogP contribution in [0.4, 0.5) is 0 Å². The molecule has 2 N–H and O–H groups in total. The van der Waals surface area contributed by atoms with Crippen molar-refractivity contribution in [2.24, 2.45) is 0 Å². The van der Waals surface area contributed by atoms with Crippen LogP contribution in [-0.4, -0.2) is 34.0 Å². The monoisotopic (exact) mass is 274 g/mol. The molecule has 3 atom stereocenters. The summed E-state index contributed by atoms with van der Waals surface area (Å²) in [7, 11) is 0. The lowest BCUT2D eigenvalue weighted by atomic mass is 9.96. The van der Waals surface area contributed by atoms with Crippen molar-refractivity contribution in [2.45, 2.75) is 57.3 Å². The molecule has 108 valence electrons. The molecule has 2 heterocycles. The van der Waals surface area contributed by atoms with E-state index < -0.39 is 0 Å². The zero-order chi connectivity index (χ0) is 14.1. The number of carbonyl (C=O) groups excluding carboxylic acids is 1. The number of hydrogen-bond donors (Lipinski definition) is 2. The molecule has 2 aliphatic heterocycles. The SMILES string of the molecule is CC(=O)N[C@@H]1C[C@H]2CC[C@@H](C1)N2Cc1ccc(O)cc1. The Balaban J connectivity index is 1.65. The van der Waals surface area contributed by atoms with Gasteiger partial charge in [-0.05, 0) is 43.4 Å². The summed E-state index contributed by atoms with van der Waals surface area (Å²) >= 11 is 0. The van der Waals surface area contributed by atoms with Crippen molar-refractivity contribution in [3.8, 4) is 5.75 Å². The predicted octanol–water partition coefficient (Wildman–Crippen LogP) is 2.02. The molecule has 0 aromatic heterocycles. The maximum atomic E-state index is 11.2. The summed E-state index contributed by atoms with van der Waals surface area (Å²) in [4.78, 5) is 13.8. The third-order valence-electron chi connectivity index (χ3n) is 4.59. The molecule has 1 amide bonds. The van der Waals surface area contributed by atoms with Crippen molar-refractivity contribution in [3.63, 3.8) is 0 Å². The molecule has 0 saturated carbocycles. The van der Waals surface area contributed by atoms with Crippen LogP contribution >= 0.6 is 0 Å². The standard InChI is InChI=1S/C16H22N2O2/c1-11(19)17-13-8-14-4-5-15(9-13)18(14)10-12-2-6-16(20)7-3-12/h2-3,6-7,13-15,20H,4-5,8-10H2,1H3,(H,17,19)/t13-,14-,15+. The van der Waals surface area contributed by atoms with E-state index in [1.807, 2.05) is 12.1 Å². The number of rotatable bonds is 3. The minimum Gasteiger partial charge on any atom is -0.508 e. The first-order chi connectivity index (χ1) is 9.61. The van der Waals surface area contributed by atoms with Crippen LogP contribution in [0.5, 0.6) is 5.75 Å². The molecular formula is C16H22N2O2. The lowest BCUT2D eigenvalue weighted by Crippen LogP contribution is -2.49. The van der Waals surface area contributed by atoms with Crippen molar-refractivity contribution < 1.29 is 9.90 Å². The fraction of sp³-hybridized carbons (Fsp3) is 0.562. The van der Waals surface area contributed by atoms with Gasteiger partial charge in [0.15, 0.2) is 0 Å². The van der Waals surface area contributed by atoms with Crippen molar-refractivity contribution in [1.82, 2.24) is 10.2 Å². The van der Waals surface area contributed by atoms with E-state index in [-0.39, 0.29) is 5.91 Å². The molecular weight excluding hydrogens is 252 g/mol. The molecule has 2 fully saturated rings. The second kappa shape index (κ2) is 5.44. The van der Waals surface area contributed by atoms with Crippen LogP contribution in [0, 0.1) is 0 Å². The van der Waals surface area contributed by atoms with Gasteiger partial charge >= 0.3 is 0 Å². The summed E-state index contributed by atoms with van der Waals surface area (Å²) < 4.78 is 0. The van der Waals surface area contributed by atoms with Crippen LogP contribution in [-0.2, 0) is 11.3 Å². The van der Waals surface area contributed by atoms with Gasteiger partial charge in [0, 0.05) is 31.6 Å². The Morgan fingerprint density at radius 1 is 1.25 bits per heavy atom. The number of piperidine rings is 1. The lowest BCUT2D eigenvalue weighted by Gasteiger charge is -2.39. The zero-order valence-corrected chi connectivity index (χ0v) is 11.9. The molecule has 2 saturated heterocycles. The Bertz CT molecular complexity index is 472. The summed E-state index contributed by atoms with van der Waals surface area (Å²) in [5.74, 6) is 0.405. The molecule has 20 heavy (non-hydrogen) atoms. The van der Waals surface area contributed by atoms with Gasteiger partial charge in [-0.25, -0.2) is 0 Å². The van der Waals surface area contributed by atoms with Gasteiger partial charge in [0.05, 0.1) is 0 Å². The van der Waals surface area contributed by atoms with Crippen LogP contribution in [0.15, 0.2) is 24.3 Å². The van der Waals surface area contributed by atoms with Gasteiger partial charge in [-0.2, -0.15) is 0 Å². The average molecular weight is 274 g/mol. The fourth-order valence-corrected chi connectivity index (χ4v) is 3.75. The van der Waals surface area contributed by atoms with Crippen LogP contribution in [0.3, 0.4) is 0 Å². The highest BCUT2D eigenvalue weighted by molar-refractivity contribution is 5.73. The summed E-state index contributed by atoms with van der Waals surface area (Å²) in [6.45, 7) is 2.55. The largest absolute Gasteiger partial charge is 0.508 e. The highest BCUT2D eigenvalue weighted by Crippen LogP contribution is 2.36. The first-order valence-corrected chi connectivity index (χ1v) is 7.42. The number of benzene rings is 1. The number of phenols is 1. The first kappa shape index (κ1) is 13.4. The molecule has 4 heteroatoms. The second-order valence-electron chi connectivity index (χ2n) is 6.09. The maximum absolute atomic E-state index is 11.2. The number of amides is 1. The van der Waals surface area contributed by atoms with E-state index in [0.29, 0.717) is 23.9 Å². The minimum absolute atomic E-state index is 0.0846. The Morgan fingerprint density at radius 3 is 2.40 bits per heavy atom. The summed E-state index contributed by atoms with van der Waals surface area (Å²) in [6.07, 6.45) is 4.60. The van der Waals surface area contributed by atoms with Crippen LogP contribution in [0.25, 0.3) is 0 Å². The highest BCUT2D eigenvalue weighted by Gasteiger charge is 2.40. The molecule has 0 aliphatic carbocycles. The molecule has 2 aliphatic rings. The predicted molar refractivity (Wildman–Crippen MR) is 77.3 cm³/mol. The molecule has 4 nitrogen and oxygen atoms in total. The third kappa shape index (κ3) is 2.80. The summed E-state index contributed by atoms with van der Waals surface area (Å²) in [5, 5.41) is 12.4. The van der Waals surface area contributed by atoms with Crippen LogP contribution in [0.1, 0.15) is 38.2 Å². The summed E-state index contributed by atoms with van der Waals surface area (Å²) in [5.41, 5.74) is 1.25. The Kier molecular flexibility index (Phi) is 3.66. The normalized spacial score (nSPS) is 29.4. The van der Waals surface area contributed by atoms with Gasteiger partial charge in [0.2, 0.25) is 5.91 Å². The third-order valence-corrected chi connectivity index (χ3v) is 4.59. The number of hydrogen-bond acceptors (Lipinski definition) is 3. The molecule has 0 radical (unpaired) electrons. The average Bonchev–Trinajstić information content (AvgIpc) is 2.63. The molecule has 0 spiro atoms. The van der Waals surface area contributed by atoms with Gasteiger partial charge in [0.1, 0.15) is 5.75 Å². The lowest BCUT2D eigenvalue weighted by molar-refractivity contribution is -0.120. The van der Waals surface area contributed by atoms with E-state index in [1.54, 1.807) is 19.1 Å². The van der Waals surface area contributed by atoms with E-state index in [0.717, 1.165) is 19.4 Å². The van der Waals surface area contributed by atoms with E-state index in [2.05, 4.69) is 10.2 Å². The Labute approximate surface area is 119 Å². The van der Waals surface area contributed by atoms with E-state index in [9.17, 15) is 9.90 Å². The first-order valence-electron chi connectivity index (χ1n) is 7.42. The van der Waals surface area contributed by atoms with Crippen molar-refractivity contribution in [2.75, 3.05) is 0 Å². The van der Waals surface area contributed by atoms with Gasteiger partial charge in [0.25, 0.3) is 0 Å². The highest BCUT2D eigenvalue weighted by atomic mass is 16.3. The Morgan fingerprint density at radius 2 is 1.85 bits per heavy atom. The fourth-order valence-electron chi connectivity index (χ4n) is 3.75. The number of fused-ring (bicyclic) bond motifs is 2. The second-order valence-corrected chi connectivity index (χ2v) is 6.09. The van der Waals surface area contributed by atoms with E-state index in [1.165, 1.54) is 18.4 Å². The van der Waals surface area contributed by atoms with E-state index in [4.69, 9.17) is 0 Å². The van der Waals surface area contributed by atoms with Gasteiger partial charge in [-0.1, -0.05) is 12.1 Å². The molecule has 0 unspecified atom stereocenters. The minimum atomic E-state index is 0.0846. The van der Waals surface area contributed by atoms with Crippen molar-refractivity contribution in [1.29, 1.82) is 0 Å². The van der Waals surface area contributed by atoms with E-state index >= 15 is 0 Å². The smallest absolute Gasteiger partial charge is 0.217 e. The van der Waals surface area contributed by atoms with Gasteiger partial charge in [-0.3, -0.25) is 9.69 Å². The molecule has 3 rings (SSSR count). The zero-order valence-electron chi connectivity index (χ0n) is 11.9.